The highest BCUT2D eigenvalue weighted by Crippen LogP contribution is 2.72. The van der Waals surface area contributed by atoms with E-state index in [2.05, 4.69) is 0 Å². The molecule has 38 heavy (non-hydrogen) atoms. The number of alkyl halides is 3. The summed E-state index contributed by atoms with van der Waals surface area (Å²) in [5.41, 5.74) is -6.45. The summed E-state index contributed by atoms with van der Waals surface area (Å²) in [4.78, 5) is 39.2. The number of rotatable bonds is 5. The van der Waals surface area contributed by atoms with Crippen LogP contribution in [0.25, 0.3) is 0 Å². The smallest absolute Gasteiger partial charge is 0.307 e. The molecular weight excluding hydrogens is 534 g/mol. The van der Waals surface area contributed by atoms with Gasteiger partial charge in [0, 0.05) is 29.1 Å². The first kappa shape index (κ1) is 28.3. The van der Waals surface area contributed by atoms with Gasteiger partial charge in [-0.25, -0.2) is 8.78 Å². The molecule has 0 heterocycles. The van der Waals surface area contributed by atoms with Crippen molar-refractivity contribution in [3.63, 3.8) is 0 Å². The molecule has 4 fully saturated rings. The fourth-order valence-corrected chi connectivity index (χ4v) is 10.1. The van der Waals surface area contributed by atoms with Crippen LogP contribution in [0.1, 0.15) is 72.1 Å². The van der Waals surface area contributed by atoms with Crippen molar-refractivity contribution in [1.82, 2.24) is 0 Å². The Labute approximate surface area is 232 Å². The largest absolute Gasteiger partial charge is 0.449 e. The second kappa shape index (κ2) is 9.69. The van der Waals surface area contributed by atoms with E-state index in [0.717, 1.165) is 43.5 Å². The average molecular weight is 571 g/mol. The molecule has 1 N–H and O–H groups in total. The number of fused-ring (bicyclic) bond motifs is 5. The lowest BCUT2D eigenvalue weighted by Gasteiger charge is -2.63. The Morgan fingerprint density at radius 2 is 1.89 bits per heavy atom. The van der Waals surface area contributed by atoms with Gasteiger partial charge in [-0.05, 0) is 68.6 Å². The number of thioether (sulfide) groups is 1. The zero-order valence-corrected chi connectivity index (χ0v) is 23.8. The zero-order chi connectivity index (χ0) is 27.7. The van der Waals surface area contributed by atoms with Gasteiger partial charge in [-0.1, -0.05) is 44.5 Å². The summed E-state index contributed by atoms with van der Waals surface area (Å²) in [6, 6.07) is 0. The maximum absolute atomic E-state index is 17.5. The van der Waals surface area contributed by atoms with Gasteiger partial charge in [0.25, 0.3) is 0 Å². The van der Waals surface area contributed by atoms with E-state index in [4.69, 9.17) is 16.3 Å². The van der Waals surface area contributed by atoms with E-state index in [1.54, 1.807) is 13.8 Å². The number of carbonyl (C=O) groups excluding carboxylic acids is 3. The predicted octanol–water partition coefficient (Wildman–Crippen LogP) is 5.87. The maximum Gasteiger partial charge on any atom is 0.307 e. The van der Waals surface area contributed by atoms with Gasteiger partial charge in [-0.15, -0.1) is 11.6 Å². The van der Waals surface area contributed by atoms with E-state index in [-0.39, 0.29) is 36.0 Å². The van der Waals surface area contributed by atoms with Gasteiger partial charge in [0.2, 0.25) is 5.12 Å². The summed E-state index contributed by atoms with van der Waals surface area (Å²) in [5.74, 6) is -2.61. The molecule has 0 aromatic heterocycles. The Kier molecular flexibility index (Phi) is 7.21. The van der Waals surface area contributed by atoms with Crippen LogP contribution in [0.4, 0.5) is 8.78 Å². The van der Waals surface area contributed by atoms with Crippen molar-refractivity contribution in [2.45, 2.75) is 95.7 Å². The number of aliphatic hydroxyl groups excluding tert-OH is 1. The SMILES string of the molecule is C[C@@H]1C[C@H]2[C@@H]3C[C@H](F)C4=CC(=O)C=C[C@]4(C)[C@@]3(F)[C@@H](O)C[C@]2(C)[C@@]1(OC(=O)CC1CCCC1)C(=O)SCCl. The van der Waals surface area contributed by atoms with Crippen molar-refractivity contribution >= 4 is 40.2 Å². The highest BCUT2D eigenvalue weighted by Gasteiger charge is 2.78. The molecule has 0 bridgehead atoms. The molecular formula is C29H37ClF2O5S. The van der Waals surface area contributed by atoms with E-state index >= 15 is 8.78 Å². The number of carbonyl (C=O) groups is 3. The van der Waals surface area contributed by atoms with E-state index in [1.165, 1.54) is 12.2 Å². The van der Waals surface area contributed by atoms with Crippen LogP contribution in [0.15, 0.2) is 23.8 Å². The summed E-state index contributed by atoms with van der Waals surface area (Å²) >= 11 is 6.83. The minimum Gasteiger partial charge on any atom is -0.449 e. The first-order valence-electron chi connectivity index (χ1n) is 13.8. The highest BCUT2D eigenvalue weighted by atomic mass is 35.5. The Morgan fingerprint density at radius 1 is 1.21 bits per heavy atom. The second-order valence-electron chi connectivity index (χ2n) is 12.6. The third-order valence-corrected chi connectivity index (χ3v) is 11.9. The van der Waals surface area contributed by atoms with Crippen LogP contribution in [-0.2, 0) is 19.1 Å². The monoisotopic (exact) mass is 570 g/mol. The minimum absolute atomic E-state index is 0.0368. The molecule has 0 radical (unpaired) electrons. The van der Waals surface area contributed by atoms with Gasteiger partial charge < -0.3 is 9.84 Å². The molecule has 0 spiro atoms. The van der Waals surface area contributed by atoms with Crippen molar-refractivity contribution in [2.75, 3.05) is 5.21 Å². The standard InChI is InChI=1S/C29H37ClF2O5S/c1-16-10-19-20-13-22(31)21-12-18(33)8-9-26(21,2)28(20,32)23(34)14-27(19,3)29(16,25(36)38-15-30)37-24(35)11-17-6-4-5-7-17/h8-9,12,16-17,19-20,22-23,34H,4-7,10-11,13-15H2,1-3H3/t16-,19+,20+,22+,23+,26+,27+,28+,29+/m1/s1. The lowest BCUT2D eigenvalue weighted by atomic mass is 9.44. The third kappa shape index (κ3) is 3.75. The van der Waals surface area contributed by atoms with E-state index in [1.807, 2.05) is 6.92 Å². The highest BCUT2D eigenvalue weighted by molar-refractivity contribution is 8.14. The molecule has 210 valence electrons. The Morgan fingerprint density at radius 3 is 2.55 bits per heavy atom. The summed E-state index contributed by atoms with van der Waals surface area (Å²) in [5, 5.41) is 11.2. The topological polar surface area (TPSA) is 80.7 Å². The Hall–Kier alpha value is -1.25. The first-order valence-corrected chi connectivity index (χ1v) is 15.3. The fraction of sp³-hybridized carbons (Fsp3) is 0.759. The normalized spacial score (nSPS) is 46.2. The van der Waals surface area contributed by atoms with E-state index in [0.29, 0.717) is 6.42 Å². The zero-order valence-electron chi connectivity index (χ0n) is 22.2. The molecule has 5 nitrogen and oxygen atoms in total. The van der Waals surface area contributed by atoms with Crippen molar-refractivity contribution in [2.24, 2.45) is 34.5 Å². The van der Waals surface area contributed by atoms with Crippen LogP contribution >= 0.6 is 23.4 Å². The number of allylic oxidation sites excluding steroid dienone is 4. The molecule has 5 rings (SSSR count). The van der Waals surface area contributed by atoms with Crippen LogP contribution in [-0.4, -0.2) is 50.7 Å². The number of ketones is 1. The van der Waals surface area contributed by atoms with E-state index < -0.39 is 69.0 Å². The van der Waals surface area contributed by atoms with Gasteiger partial charge in [0.15, 0.2) is 17.1 Å². The van der Waals surface area contributed by atoms with Crippen molar-refractivity contribution in [1.29, 1.82) is 0 Å². The average Bonchev–Trinajstić information content (AvgIpc) is 3.43. The van der Waals surface area contributed by atoms with Crippen LogP contribution in [0, 0.1) is 34.5 Å². The summed E-state index contributed by atoms with van der Waals surface area (Å²) in [6.45, 7) is 5.17. The van der Waals surface area contributed by atoms with Crippen LogP contribution in [0.3, 0.4) is 0 Å². The molecule has 9 heteroatoms. The molecule has 9 atom stereocenters. The van der Waals surface area contributed by atoms with E-state index in [9.17, 15) is 19.5 Å². The van der Waals surface area contributed by atoms with Crippen molar-refractivity contribution in [3.8, 4) is 0 Å². The number of halogens is 3. The first-order chi connectivity index (χ1) is 17.8. The van der Waals surface area contributed by atoms with Gasteiger partial charge in [-0.2, -0.15) is 0 Å². The molecule has 5 aliphatic carbocycles. The molecule has 0 aromatic carbocycles. The van der Waals surface area contributed by atoms with Crippen LogP contribution < -0.4 is 0 Å². The van der Waals surface area contributed by atoms with Crippen molar-refractivity contribution < 1.29 is 33.0 Å². The second-order valence-corrected chi connectivity index (χ2v) is 14.1. The molecule has 0 unspecified atom stereocenters. The Bertz CT molecular complexity index is 1090. The summed E-state index contributed by atoms with van der Waals surface area (Å²) in [6.07, 6.45) is 4.87. The number of aliphatic hydroxyl groups is 1. The predicted molar refractivity (Wildman–Crippen MR) is 142 cm³/mol. The fourth-order valence-electron chi connectivity index (χ4n) is 9.05. The Balaban J connectivity index is 1.57. The number of hydrogen-bond acceptors (Lipinski definition) is 6. The molecule has 0 amide bonds. The third-order valence-electron chi connectivity index (χ3n) is 10.9. The molecule has 0 saturated heterocycles. The van der Waals surface area contributed by atoms with Crippen LogP contribution in [0.2, 0.25) is 0 Å². The minimum atomic E-state index is -2.25. The summed E-state index contributed by atoms with van der Waals surface area (Å²) in [7, 11) is 0. The lowest BCUT2D eigenvalue weighted by Crippen LogP contribution is -2.70. The number of esters is 1. The van der Waals surface area contributed by atoms with Gasteiger partial charge in [0.05, 0.1) is 11.3 Å². The van der Waals surface area contributed by atoms with Gasteiger partial charge in [-0.3, -0.25) is 14.4 Å². The quantitative estimate of drug-likeness (QED) is 0.329. The van der Waals surface area contributed by atoms with Crippen LogP contribution in [0.5, 0.6) is 0 Å². The molecule has 4 saturated carbocycles. The number of hydrogen-bond donors (Lipinski definition) is 1. The van der Waals surface area contributed by atoms with Gasteiger partial charge >= 0.3 is 5.97 Å². The van der Waals surface area contributed by atoms with Gasteiger partial charge in [0.1, 0.15) is 6.17 Å². The maximum atomic E-state index is 17.5. The summed E-state index contributed by atoms with van der Waals surface area (Å²) < 4.78 is 39.4. The number of ether oxygens (including phenoxy) is 1. The molecule has 5 aliphatic rings. The van der Waals surface area contributed by atoms with Crippen molar-refractivity contribution in [3.05, 3.63) is 23.8 Å². The molecule has 0 aromatic rings. The molecule has 0 aliphatic heterocycles. The lowest BCUT2D eigenvalue weighted by molar-refractivity contribution is -0.229.